The molecule has 2 fully saturated rings. The van der Waals surface area contributed by atoms with Gasteiger partial charge in [-0.3, -0.25) is 9.97 Å². The van der Waals surface area contributed by atoms with E-state index in [1.807, 2.05) is 9.62 Å². The van der Waals surface area contributed by atoms with Gasteiger partial charge in [0, 0.05) is 12.4 Å². The number of pyridine rings is 2. The molecule has 0 saturated carbocycles. The van der Waals surface area contributed by atoms with Crippen LogP contribution in [-0.2, 0) is 11.3 Å². The van der Waals surface area contributed by atoms with E-state index in [1.54, 1.807) is 19.7 Å². The van der Waals surface area contributed by atoms with E-state index in [9.17, 15) is 19.5 Å². The third kappa shape index (κ3) is 9.69. The summed E-state index contributed by atoms with van der Waals surface area (Å²) in [5.74, 6) is 0. The molecule has 2 saturated heterocycles. The van der Waals surface area contributed by atoms with E-state index in [0.717, 1.165) is 0 Å². The molecule has 0 aromatic carbocycles. The molecule has 3 N–H and O–H groups in total. The van der Waals surface area contributed by atoms with E-state index < -0.39 is 25.4 Å². The molecule has 0 radical (unpaired) electrons. The summed E-state index contributed by atoms with van der Waals surface area (Å²) >= 11 is 23.6. The zero-order chi connectivity index (χ0) is 26.7. The van der Waals surface area contributed by atoms with Crippen molar-refractivity contribution >= 4 is 60.5 Å². The van der Waals surface area contributed by atoms with Gasteiger partial charge in [0.25, 0.3) is 0 Å². The Bertz CT molecular complexity index is 961. The van der Waals surface area contributed by atoms with Crippen LogP contribution in [0.25, 0.3) is 0 Å². The van der Waals surface area contributed by atoms with Crippen molar-refractivity contribution in [2.24, 2.45) is 0 Å². The lowest BCUT2D eigenvalue weighted by molar-refractivity contribution is -0.0163. The van der Waals surface area contributed by atoms with Crippen LogP contribution in [0.2, 0.25) is 33.7 Å². The minimum absolute atomic E-state index is 0. The summed E-state index contributed by atoms with van der Waals surface area (Å²) in [7, 11) is -1.05. The number of nitrogens with zero attached hydrogens (tertiary/aromatic N) is 4. The Morgan fingerprint density at radius 1 is 0.744 bits per heavy atom. The number of rotatable bonds is 4. The van der Waals surface area contributed by atoms with Crippen LogP contribution in [0.15, 0.2) is 24.5 Å². The van der Waals surface area contributed by atoms with Crippen molar-refractivity contribution in [1.82, 2.24) is 19.6 Å². The summed E-state index contributed by atoms with van der Waals surface area (Å²) in [4.78, 5) is 11.9. The Morgan fingerprint density at radius 2 is 1.10 bits per heavy atom. The normalized spacial score (nSPS) is 18.3. The first-order valence-corrected chi connectivity index (χ1v) is 13.2. The maximum atomic E-state index is 14.8. The van der Waals surface area contributed by atoms with Gasteiger partial charge in [0.05, 0.1) is 31.5 Å². The van der Waals surface area contributed by atoms with Gasteiger partial charge in [-0.1, -0.05) is 68.7 Å². The van der Waals surface area contributed by atoms with Crippen LogP contribution in [0.4, 0.5) is 4.39 Å². The average molecular weight is 628 g/mol. The molecule has 0 aliphatic carbocycles. The fourth-order valence-corrected chi connectivity index (χ4v) is 5.60. The van der Waals surface area contributed by atoms with Crippen molar-refractivity contribution in [2.45, 2.75) is 72.9 Å². The lowest BCUT2D eigenvalue weighted by Crippen LogP contribution is -2.48. The minimum atomic E-state index is -1.53. The molecule has 2 aliphatic rings. The zero-order valence-electron chi connectivity index (χ0n) is 20.1. The van der Waals surface area contributed by atoms with Crippen LogP contribution in [0, 0.1) is 0 Å². The average Bonchev–Trinajstić information content (AvgIpc) is 2.79. The number of hydrogen-bond donors (Lipinski definition) is 3. The van der Waals surface area contributed by atoms with Gasteiger partial charge in [0.15, 0.2) is 5.67 Å². The molecule has 2 aliphatic heterocycles. The Labute approximate surface area is 253 Å². The van der Waals surface area contributed by atoms with Gasteiger partial charge >= 0.3 is 14.1 Å². The van der Waals surface area contributed by atoms with Crippen LogP contribution < -0.4 is 0 Å². The van der Waals surface area contributed by atoms with Crippen LogP contribution >= 0.6 is 46.4 Å². The highest BCUT2D eigenvalue weighted by Crippen LogP contribution is 2.40. The lowest BCUT2D eigenvalue weighted by atomic mass is 9.78. The van der Waals surface area contributed by atoms with Crippen LogP contribution in [0.1, 0.15) is 59.4 Å². The SMILES string of the molecule is C.C.C.CB(O)N1CCC(F)(c2ncc(Cl)cc2Cl)CC1.CB(O)N1CCC(O)(c2ncc(Cl)cc2Cl)CC1. The Kier molecular flexibility index (Phi) is 15.8. The second-order valence-corrected chi connectivity index (χ2v) is 11.0. The molecule has 0 bridgehead atoms. The Hall–Kier alpha value is -0.680. The molecular weight excluding hydrogens is 587 g/mol. The summed E-state index contributed by atoms with van der Waals surface area (Å²) in [6.45, 7) is 5.57. The molecular formula is C25H41B2Cl4FN4O3. The van der Waals surface area contributed by atoms with Crippen LogP contribution in [-0.4, -0.2) is 75.0 Å². The molecule has 14 heteroatoms. The number of hydrogen-bond acceptors (Lipinski definition) is 7. The van der Waals surface area contributed by atoms with Crippen LogP contribution in [0.3, 0.4) is 0 Å². The summed E-state index contributed by atoms with van der Waals surface area (Å²) in [6, 6.07) is 3.10. The highest BCUT2D eigenvalue weighted by molar-refractivity contribution is 6.45. The Morgan fingerprint density at radius 3 is 1.46 bits per heavy atom. The van der Waals surface area contributed by atoms with Gasteiger partial charge in [-0.15, -0.1) is 0 Å². The molecule has 7 nitrogen and oxygen atoms in total. The monoisotopic (exact) mass is 626 g/mol. The molecule has 2 aromatic rings. The van der Waals surface area contributed by atoms with E-state index in [0.29, 0.717) is 59.8 Å². The molecule has 0 atom stereocenters. The molecule has 0 unspecified atom stereocenters. The molecule has 4 rings (SSSR count). The third-order valence-corrected chi connectivity index (χ3v) is 7.74. The molecule has 39 heavy (non-hydrogen) atoms. The number of aliphatic hydroxyl groups is 1. The van der Waals surface area contributed by atoms with Crippen molar-refractivity contribution in [2.75, 3.05) is 26.2 Å². The number of aromatic nitrogens is 2. The third-order valence-electron chi connectivity index (χ3n) is 6.75. The molecule has 220 valence electrons. The van der Waals surface area contributed by atoms with Gasteiger partial charge < -0.3 is 24.8 Å². The van der Waals surface area contributed by atoms with Crippen molar-refractivity contribution in [1.29, 1.82) is 0 Å². The largest absolute Gasteiger partial charge is 0.437 e. The Balaban J connectivity index is 0.000000688. The van der Waals surface area contributed by atoms with E-state index >= 15 is 0 Å². The predicted molar refractivity (Wildman–Crippen MR) is 165 cm³/mol. The molecule has 0 amide bonds. The number of halogens is 5. The minimum Gasteiger partial charge on any atom is -0.437 e. The van der Waals surface area contributed by atoms with E-state index in [4.69, 9.17) is 46.4 Å². The lowest BCUT2D eigenvalue weighted by Gasteiger charge is -2.38. The molecule has 0 spiro atoms. The topological polar surface area (TPSA) is 93.0 Å². The van der Waals surface area contributed by atoms with Gasteiger partial charge in [-0.05, 0) is 77.6 Å². The van der Waals surface area contributed by atoms with E-state index in [1.165, 1.54) is 18.5 Å². The molecule has 4 heterocycles. The maximum absolute atomic E-state index is 14.8. The fourth-order valence-electron chi connectivity index (χ4n) is 4.49. The smallest absolute Gasteiger partial charge is 0.376 e. The summed E-state index contributed by atoms with van der Waals surface area (Å²) in [6.07, 6.45) is 4.42. The maximum Gasteiger partial charge on any atom is 0.376 e. The first-order chi connectivity index (χ1) is 16.8. The van der Waals surface area contributed by atoms with Crippen LogP contribution in [0.5, 0.6) is 0 Å². The molecule has 2 aromatic heterocycles. The summed E-state index contributed by atoms with van der Waals surface area (Å²) in [5.41, 5.74) is -1.85. The first kappa shape index (κ1) is 38.3. The number of alkyl halides is 1. The van der Waals surface area contributed by atoms with Gasteiger partial charge in [0.1, 0.15) is 5.60 Å². The van der Waals surface area contributed by atoms with Crippen molar-refractivity contribution < 1.29 is 19.5 Å². The van der Waals surface area contributed by atoms with Crippen molar-refractivity contribution in [3.05, 3.63) is 56.0 Å². The fraction of sp³-hybridized carbons (Fsp3) is 0.600. The van der Waals surface area contributed by atoms with E-state index in [-0.39, 0.29) is 45.8 Å². The summed E-state index contributed by atoms with van der Waals surface area (Å²) in [5, 5.41) is 31.1. The van der Waals surface area contributed by atoms with Gasteiger partial charge in [-0.2, -0.15) is 0 Å². The second-order valence-electron chi connectivity index (χ2n) is 9.30. The number of piperidine rings is 2. The second kappa shape index (κ2) is 16.1. The standard InChI is InChI=1S/C11H14BCl2FN2O.C11H15BCl2N2O2.3CH4/c1-12(18)17-4-2-11(15,3-5-17)10-9(14)6-8(13)7-16-10;1-12(18)16-4-2-11(17,3-5-16)10-9(14)6-8(13)7-15-10;;;/h6-7,18H,2-5H2,1H3;6-7,17-18H,2-5H2,1H3;3*1H4. The highest BCUT2D eigenvalue weighted by atomic mass is 35.5. The zero-order valence-corrected chi connectivity index (χ0v) is 23.2. The predicted octanol–water partition coefficient (Wildman–Crippen LogP) is 6.45. The van der Waals surface area contributed by atoms with Gasteiger partial charge in [-0.25, -0.2) is 4.39 Å². The van der Waals surface area contributed by atoms with Gasteiger partial charge in [0.2, 0.25) is 0 Å². The van der Waals surface area contributed by atoms with Crippen molar-refractivity contribution in [3.63, 3.8) is 0 Å². The quantitative estimate of drug-likeness (QED) is 0.336. The van der Waals surface area contributed by atoms with Crippen molar-refractivity contribution in [3.8, 4) is 0 Å². The van der Waals surface area contributed by atoms with E-state index in [2.05, 4.69) is 9.97 Å². The summed E-state index contributed by atoms with van der Waals surface area (Å²) < 4.78 is 14.8. The highest BCUT2D eigenvalue weighted by Gasteiger charge is 2.40. The first-order valence-electron chi connectivity index (χ1n) is 11.7.